The fourth-order valence-electron chi connectivity index (χ4n) is 0.913. The summed E-state index contributed by atoms with van der Waals surface area (Å²) in [6.07, 6.45) is 0. The first kappa shape index (κ1) is 11.9. The van der Waals surface area contributed by atoms with Gasteiger partial charge in [0.1, 0.15) is 0 Å². The minimum Gasteiger partial charge on any atom is -0.375 e. The lowest BCUT2D eigenvalue weighted by Gasteiger charge is -2.16. The summed E-state index contributed by atoms with van der Waals surface area (Å²) in [5.41, 5.74) is 6.40. The van der Waals surface area contributed by atoms with E-state index in [0.717, 1.165) is 14.5 Å². The molecular weight excluding hydrogens is 330 g/mol. The topological polar surface area (TPSA) is 55.3 Å². The van der Waals surface area contributed by atoms with Crippen LogP contribution in [0, 0.1) is 0 Å². The van der Waals surface area contributed by atoms with Gasteiger partial charge in [-0.2, -0.15) is 0 Å². The van der Waals surface area contributed by atoms with E-state index in [4.69, 9.17) is 23.8 Å². The Hall–Kier alpha value is -0.170. The molecule has 1 aromatic carbocycles. The molecule has 0 saturated heterocycles. The zero-order valence-corrected chi connectivity index (χ0v) is 11.2. The maximum absolute atomic E-state index is 5.58. The molecule has 0 atom stereocenters. The third kappa shape index (κ3) is 3.20. The zero-order valence-electron chi connectivity index (χ0n) is 7.21. The van der Waals surface area contributed by atoms with E-state index in [-0.39, 0.29) is 5.11 Å². The number of rotatable bonds is 2. The highest BCUT2D eigenvalue weighted by atomic mass is 79.9. The molecule has 0 amide bonds. The molecule has 1 aromatic rings. The largest absolute Gasteiger partial charge is 0.375 e. The van der Waals surface area contributed by atoms with E-state index in [1.807, 2.05) is 18.2 Å². The van der Waals surface area contributed by atoms with Crippen molar-refractivity contribution in [1.82, 2.24) is 5.01 Å². The maximum Gasteiger partial charge on any atom is 0.180 e. The van der Waals surface area contributed by atoms with Crippen LogP contribution < -0.4 is 11.6 Å². The SMILES string of the molecule is NC(=S)N(N)Cc1ccc(Br)c(Br)c1. The lowest BCUT2D eigenvalue weighted by Crippen LogP contribution is -2.40. The fraction of sp³-hybridized carbons (Fsp3) is 0.125. The van der Waals surface area contributed by atoms with E-state index >= 15 is 0 Å². The molecular formula is C8H9Br2N3S. The van der Waals surface area contributed by atoms with Crippen LogP contribution in [0.4, 0.5) is 0 Å². The average Bonchev–Trinajstić information content (AvgIpc) is 2.11. The number of hydrazine groups is 1. The van der Waals surface area contributed by atoms with Crippen LogP contribution in [-0.2, 0) is 6.54 Å². The van der Waals surface area contributed by atoms with Crippen molar-refractivity contribution in [3.63, 3.8) is 0 Å². The van der Waals surface area contributed by atoms with E-state index in [1.165, 1.54) is 5.01 Å². The summed E-state index contributed by atoms with van der Waals surface area (Å²) in [5.74, 6) is 5.58. The van der Waals surface area contributed by atoms with E-state index < -0.39 is 0 Å². The summed E-state index contributed by atoms with van der Waals surface area (Å²) < 4.78 is 1.98. The summed E-state index contributed by atoms with van der Waals surface area (Å²) in [6.45, 7) is 0.501. The van der Waals surface area contributed by atoms with Crippen LogP contribution in [0.3, 0.4) is 0 Å². The van der Waals surface area contributed by atoms with Crippen LogP contribution in [0.1, 0.15) is 5.56 Å². The van der Waals surface area contributed by atoms with Crippen LogP contribution in [0.5, 0.6) is 0 Å². The van der Waals surface area contributed by atoms with Gasteiger partial charge in [0.15, 0.2) is 5.11 Å². The maximum atomic E-state index is 5.58. The second-order valence-corrected chi connectivity index (χ2v) is 4.84. The van der Waals surface area contributed by atoms with Crippen molar-refractivity contribution in [1.29, 1.82) is 0 Å². The van der Waals surface area contributed by atoms with Crippen molar-refractivity contribution >= 4 is 49.2 Å². The molecule has 0 aromatic heterocycles. The van der Waals surface area contributed by atoms with Gasteiger partial charge in [0.05, 0.1) is 6.54 Å². The molecule has 3 nitrogen and oxygen atoms in total. The first-order valence-electron chi connectivity index (χ1n) is 3.76. The van der Waals surface area contributed by atoms with Crippen LogP contribution in [0.15, 0.2) is 27.1 Å². The second kappa shape index (κ2) is 5.06. The third-order valence-corrected chi connectivity index (χ3v) is 3.73. The highest BCUT2D eigenvalue weighted by Crippen LogP contribution is 2.24. The molecule has 0 aliphatic carbocycles. The van der Waals surface area contributed by atoms with Crippen molar-refractivity contribution in [2.75, 3.05) is 0 Å². The Bertz CT molecular complexity index is 356. The molecule has 0 saturated carbocycles. The highest BCUT2D eigenvalue weighted by Gasteiger charge is 2.03. The number of halogens is 2. The molecule has 0 aliphatic rings. The van der Waals surface area contributed by atoms with Gasteiger partial charge >= 0.3 is 0 Å². The van der Waals surface area contributed by atoms with Crippen LogP contribution in [0.25, 0.3) is 0 Å². The molecule has 6 heteroatoms. The van der Waals surface area contributed by atoms with Gasteiger partial charge < -0.3 is 5.73 Å². The van der Waals surface area contributed by atoms with Crippen molar-refractivity contribution in [2.45, 2.75) is 6.54 Å². The normalized spacial score (nSPS) is 9.93. The van der Waals surface area contributed by atoms with Crippen molar-refractivity contribution in [3.05, 3.63) is 32.7 Å². The van der Waals surface area contributed by atoms with Gasteiger partial charge in [-0.15, -0.1) is 0 Å². The van der Waals surface area contributed by atoms with Gasteiger partial charge in [0, 0.05) is 8.95 Å². The number of benzene rings is 1. The van der Waals surface area contributed by atoms with Crippen molar-refractivity contribution in [3.8, 4) is 0 Å². The first-order chi connectivity index (χ1) is 6.50. The molecule has 0 bridgehead atoms. The fourth-order valence-corrected chi connectivity index (χ4v) is 1.65. The Labute approximate surface area is 105 Å². The minimum absolute atomic E-state index is 0.184. The lowest BCUT2D eigenvalue weighted by atomic mass is 10.2. The summed E-state index contributed by atoms with van der Waals surface area (Å²) in [7, 11) is 0. The van der Waals surface area contributed by atoms with Gasteiger partial charge in [-0.3, -0.25) is 5.01 Å². The molecule has 4 N–H and O–H groups in total. The third-order valence-electron chi connectivity index (χ3n) is 1.62. The number of nitrogens with two attached hydrogens (primary N) is 2. The highest BCUT2D eigenvalue weighted by molar-refractivity contribution is 9.13. The first-order valence-corrected chi connectivity index (χ1v) is 5.75. The molecule has 0 fully saturated rings. The molecule has 76 valence electrons. The van der Waals surface area contributed by atoms with E-state index in [9.17, 15) is 0 Å². The smallest absolute Gasteiger partial charge is 0.180 e. The summed E-state index contributed by atoms with van der Waals surface area (Å²) in [4.78, 5) is 0. The van der Waals surface area contributed by atoms with Crippen molar-refractivity contribution < 1.29 is 0 Å². The standard InChI is InChI=1S/C8H9Br2N3S/c9-6-2-1-5(3-7(6)10)4-13(12)8(11)14/h1-3H,4,12H2,(H2,11,14). The van der Waals surface area contributed by atoms with Crippen LogP contribution in [-0.4, -0.2) is 10.1 Å². The predicted octanol–water partition coefficient (Wildman–Crippen LogP) is 2.13. The summed E-state index contributed by atoms with van der Waals surface area (Å²) in [5, 5.41) is 1.51. The van der Waals surface area contributed by atoms with E-state index in [2.05, 4.69) is 31.9 Å². The number of hydrogen-bond donors (Lipinski definition) is 2. The summed E-state index contributed by atoms with van der Waals surface area (Å²) >= 11 is 11.5. The van der Waals surface area contributed by atoms with Gasteiger partial charge in [0.25, 0.3) is 0 Å². The quantitative estimate of drug-likeness (QED) is 0.493. The lowest BCUT2D eigenvalue weighted by molar-refractivity contribution is 0.437. The zero-order chi connectivity index (χ0) is 10.7. The average molecular weight is 339 g/mol. The molecule has 1 rings (SSSR count). The van der Waals surface area contributed by atoms with Crippen LogP contribution >= 0.6 is 44.1 Å². The van der Waals surface area contributed by atoms with Gasteiger partial charge in [-0.25, -0.2) is 5.84 Å². The Balaban J connectivity index is 2.78. The van der Waals surface area contributed by atoms with Crippen molar-refractivity contribution in [2.24, 2.45) is 11.6 Å². The van der Waals surface area contributed by atoms with Crippen LogP contribution in [0.2, 0.25) is 0 Å². The van der Waals surface area contributed by atoms with E-state index in [1.54, 1.807) is 0 Å². The van der Waals surface area contributed by atoms with Gasteiger partial charge in [-0.05, 0) is 61.8 Å². The Morgan fingerprint density at radius 3 is 2.50 bits per heavy atom. The molecule has 0 heterocycles. The molecule has 0 spiro atoms. The number of hydrogen-bond acceptors (Lipinski definition) is 2. The van der Waals surface area contributed by atoms with Gasteiger partial charge in [0.2, 0.25) is 0 Å². The Kier molecular flexibility index (Phi) is 4.31. The Morgan fingerprint density at radius 1 is 1.36 bits per heavy atom. The molecule has 0 unspecified atom stereocenters. The monoisotopic (exact) mass is 337 g/mol. The van der Waals surface area contributed by atoms with Gasteiger partial charge in [-0.1, -0.05) is 6.07 Å². The predicted molar refractivity (Wildman–Crippen MR) is 68.4 cm³/mol. The minimum atomic E-state index is 0.184. The Morgan fingerprint density at radius 2 is 2.00 bits per heavy atom. The molecule has 14 heavy (non-hydrogen) atoms. The number of nitrogens with zero attached hydrogens (tertiary/aromatic N) is 1. The number of thiocarbonyl (C=S) groups is 1. The summed E-state index contributed by atoms with van der Waals surface area (Å²) in [6, 6.07) is 5.85. The van der Waals surface area contributed by atoms with E-state index in [0.29, 0.717) is 6.54 Å². The molecule has 0 aliphatic heterocycles. The molecule has 0 radical (unpaired) electrons. The second-order valence-electron chi connectivity index (χ2n) is 2.71.